The zero-order valence-electron chi connectivity index (χ0n) is 10.1. The lowest BCUT2D eigenvalue weighted by Gasteiger charge is -2.24. The number of amides is 1. The number of hydrogen-bond acceptors (Lipinski definition) is 4. The number of aliphatic carboxylic acids is 1. The molecule has 0 spiro atoms. The lowest BCUT2D eigenvalue weighted by molar-refractivity contribution is -0.137. The van der Waals surface area contributed by atoms with Crippen LogP contribution in [-0.4, -0.2) is 23.8 Å². The van der Waals surface area contributed by atoms with Gasteiger partial charge in [0.2, 0.25) is 12.7 Å². The van der Waals surface area contributed by atoms with Gasteiger partial charge in [0, 0.05) is 24.1 Å². The highest BCUT2D eigenvalue weighted by Gasteiger charge is 2.29. The smallest absolute Gasteiger partial charge is 0.303 e. The van der Waals surface area contributed by atoms with Gasteiger partial charge in [0.05, 0.1) is 0 Å². The molecule has 1 aromatic rings. The fourth-order valence-electron chi connectivity index (χ4n) is 2.39. The summed E-state index contributed by atoms with van der Waals surface area (Å²) < 4.78 is 10.6. The van der Waals surface area contributed by atoms with Crippen molar-refractivity contribution in [2.24, 2.45) is 5.92 Å². The number of carbonyl (C=O) groups is 2. The fraction of sp³-hybridized carbons (Fsp3) is 0.385. The van der Waals surface area contributed by atoms with Crippen LogP contribution in [0.4, 0.5) is 5.69 Å². The van der Waals surface area contributed by atoms with E-state index in [1.54, 1.807) is 6.07 Å². The molecule has 0 aliphatic carbocycles. The minimum absolute atomic E-state index is 0.00201. The number of fused-ring (bicyclic) bond motifs is 2. The third kappa shape index (κ3) is 2.21. The number of anilines is 1. The monoisotopic (exact) mass is 263 g/mol. The van der Waals surface area contributed by atoms with E-state index < -0.39 is 5.97 Å². The molecule has 1 atom stereocenters. The summed E-state index contributed by atoms with van der Waals surface area (Å²) in [6, 6.07) is 3.61. The van der Waals surface area contributed by atoms with Crippen LogP contribution < -0.4 is 14.8 Å². The molecule has 2 aliphatic heterocycles. The van der Waals surface area contributed by atoms with Gasteiger partial charge in [-0.2, -0.15) is 0 Å². The van der Waals surface area contributed by atoms with Crippen LogP contribution in [0, 0.1) is 5.92 Å². The summed E-state index contributed by atoms with van der Waals surface area (Å²) in [6.07, 6.45) is 0.873. The Morgan fingerprint density at radius 2 is 2.11 bits per heavy atom. The van der Waals surface area contributed by atoms with Gasteiger partial charge in [-0.25, -0.2) is 0 Å². The standard InChI is InChI=1S/C13H13NO5/c15-12(16)2-1-7-3-8-4-10-11(19-6-18-10)5-9(8)14-13(7)17/h4-5,7H,1-3,6H2,(H,14,17)(H,15,16). The highest BCUT2D eigenvalue weighted by molar-refractivity contribution is 5.96. The molecule has 0 radical (unpaired) electrons. The summed E-state index contributed by atoms with van der Waals surface area (Å²) in [7, 11) is 0. The van der Waals surface area contributed by atoms with Gasteiger partial charge in [-0.15, -0.1) is 0 Å². The zero-order chi connectivity index (χ0) is 13.4. The Labute approximate surface area is 109 Å². The predicted molar refractivity (Wildman–Crippen MR) is 65.3 cm³/mol. The Kier molecular flexibility index (Phi) is 2.77. The molecular weight excluding hydrogens is 250 g/mol. The van der Waals surface area contributed by atoms with Gasteiger partial charge in [0.1, 0.15) is 0 Å². The molecule has 2 N–H and O–H groups in total. The van der Waals surface area contributed by atoms with Crippen molar-refractivity contribution in [2.75, 3.05) is 12.1 Å². The number of nitrogens with one attached hydrogen (secondary N) is 1. The number of carbonyl (C=O) groups excluding carboxylic acids is 1. The van der Waals surface area contributed by atoms with Crippen molar-refractivity contribution in [3.63, 3.8) is 0 Å². The molecule has 2 aliphatic rings. The van der Waals surface area contributed by atoms with Crippen molar-refractivity contribution in [2.45, 2.75) is 19.3 Å². The summed E-state index contributed by atoms with van der Waals surface area (Å²) in [5.74, 6) is -0.0178. The van der Waals surface area contributed by atoms with Crippen molar-refractivity contribution < 1.29 is 24.2 Å². The van der Waals surface area contributed by atoms with Crippen LogP contribution in [0.15, 0.2) is 12.1 Å². The minimum atomic E-state index is -0.885. The highest BCUT2D eigenvalue weighted by Crippen LogP contribution is 2.40. The molecule has 0 aromatic heterocycles. The zero-order valence-corrected chi connectivity index (χ0v) is 10.1. The summed E-state index contributed by atoms with van der Waals surface area (Å²) in [5, 5.41) is 11.5. The topological polar surface area (TPSA) is 84.9 Å². The van der Waals surface area contributed by atoms with E-state index in [1.807, 2.05) is 6.07 Å². The first-order valence-corrected chi connectivity index (χ1v) is 6.08. The van der Waals surface area contributed by atoms with Gasteiger partial charge < -0.3 is 19.9 Å². The summed E-state index contributed by atoms with van der Waals surface area (Å²) in [6.45, 7) is 0.189. The molecule has 1 unspecified atom stereocenters. The molecular formula is C13H13NO5. The molecule has 2 heterocycles. The van der Waals surface area contributed by atoms with Crippen LogP contribution in [0.2, 0.25) is 0 Å². The van der Waals surface area contributed by atoms with E-state index in [-0.39, 0.29) is 25.0 Å². The van der Waals surface area contributed by atoms with Crippen LogP contribution in [0.25, 0.3) is 0 Å². The maximum atomic E-state index is 11.9. The number of benzene rings is 1. The molecule has 1 amide bonds. The second-order valence-corrected chi connectivity index (χ2v) is 4.69. The number of ether oxygens (including phenoxy) is 2. The Bertz CT molecular complexity index is 554. The SMILES string of the molecule is O=C(O)CCC1Cc2cc3c(cc2NC1=O)OCO3. The van der Waals surface area contributed by atoms with Crippen LogP contribution in [-0.2, 0) is 16.0 Å². The highest BCUT2D eigenvalue weighted by atomic mass is 16.7. The summed E-state index contributed by atoms with van der Waals surface area (Å²) >= 11 is 0. The van der Waals surface area contributed by atoms with Crippen LogP contribution >= 0.6 is 0 Å². The van der Waals surface area contributed by atoms with Crippen LogP contribution in [0.3, 0.4) is 0 Å². The van der Waals surface area contributed by atoms with Gasteiger partial charge in [-0.1, -0.05) is 0 Å². The molecule has 0 saturated carbocycles. The van der Waals surface area contributed by atoms with E-state index >= 15 is 0 Å². The van der Waals surface area contributed by atoms with E-state index in [4.69, 9.17) is 14.6 Å². The molecule has 100 valence electrons. The van der Waals surface area contributed by atoms with E-state index in [0.717, 1.165) is 11.3 Å². The summed E-state index contributed by atoms with van der Waals surface area (Å²) in [5.41, 5.74) is 1.68. The van der Waals surface area contributed by atoms with E-state index in [1.165, 1.54) is 0 Å². The first-order chi connectivity index (χ1) is 9.13. The number of rotatable bonds is 3. The van der Waals surface area contributed by atoms with Crippen molar-refractivity contribution >= 4 is 17.6 Å². The van der Waals surface area contributed by atoms with Gasteiger partial charge in [-0.3, -0.25) is 9.59 Å². The van der Waals surface area contributed by atoms with Crippen molar-refractivity contribution in [3.8, 4) is 11.5 Å². The lowest BCUT2D eigenvalue weighted by Crippen LogP contribution is -2.30. The van der Waals surface area contributed by atoms with Gasteiger partial charge in [0.25, 0.3) is 0 Å². The molecule has 19 heavy (non-hydrogen) atoms. The van der Waals surface area contributed by atoms with Crippen LogP contribution in [0.5, 0.6) is 11.5 Å². The van der Waals surface area contributed by atoms with Gasteiger partial charge >= 0.3 is 5.97 Å². The lowest BCUT2D eigenvalue weighted by atomic mass is 9.89. The van der Waals surface area contributed by atoms with E-state index in [9.17, 15) is 9.59 Å². The summed E-state index contributed by atoms with van der Waals surface area (Å²) in [4.78, 5) is 22.5. The maximum Gasteiger partial charge on any atom is 0.303 e. The van der Waals surface area contributed by atoms with Crippen molar-refractivity contribution in [1.82, 2.24) is 0 Å². The normalized spacial score (nSPS) is 19.8. The molecule has 3 rings (SSSR count). The van der Waals surface area contributed by atoms with Crippen molar-refractivity contribution in [3.05, 3.63) is 17.7 Å². The second-order valence-electron chi connectivity index (χ2n) is 4.69. The molecule has 6 nitrogen and oxygen atoms in total. The fourth-order valence-corrected chi connectivity index (χ4v) is 2.39. The third-order valence-corrected chi connectivity index (χ3v) is 3.40. The third-order valence-electron chi connectivity index (χ3n) is 3.40. The number of carboxylic acid groups (broad SMARTS) is 1. The maximum absolute atomic E-state index is 11.9. The van der Waals surface area contributed by atoms with Crippen LogP contribution in [0.1, 0.15) is 18.4 Å². The molecule has 1 aromatic carbocycles. The predicted octanol–water partition coefficient (Wildman–Crippen LogP) is 1.39. The van der Waals surface area contributed by atoms with E-state index in [0.29, 0.717) is 24.3 Å². The molecule has 0 fully saturated rings. The van der Waals surface area contributed by atoms with Gasteiger partial charge in [0.15, 0.2) is 11.5 Å². The van der Waals surface area contributed by atoms with E-state index in [2.05, 4.69) is 5.32 Å². The number of carboxylic acids is 1. The molecule has 0 bridgehead atoms. The Morgan fingerprint density at radius 3 is 2.84 bits per heavy atom. The quantitative estimate of drug-likeness (QED) is 0.860. The molecule has 6 heteroatoms. The minimum Gasteiger partial charge on any atom is -0.481 e. The average molecular weight is 263 g/mol. The Hall–Kier alpha value is -2.24. The van der Waals surface area contributed by atoms with Gasteiger partial charge in [-0.05, 0) is 24.5 Å². The Morgan fingerprint density at radius 1 is 1.37 bits per heavy atom. The largest absolute Gasteiger partial charge is 0.481 e. The first-order valence-electron chi connectivity index (χ1n) is 6.08. The second kappa shape index (κ2) is 4.46. The molecule has 0 saturated heterocycles. The first kappa shape index (κ1) is 11.8. The number of hydrogen-bond donors (Lipinski definition) is 2. The Balaban J connectivity index is 1.82. The van der Waals surface area contributed by atoms with Crippen molar-refractivity contribution in [1.29, 1.82) is 0 Å². The average Bonchev–Trinajstić information content (AvgIpc) is 2.80.